The highest BCUT2D eigenvalue weighted by Crippen LogP contribution is 2.32. The quantitative estimate of drug-likeness (QED) is 0.766. The first kappa shape index (κ1) is 13.8. The SMILES string of the molecule is COc1cc2c(cc1F)C=C(c1ccc(F)cc1)CCC2. The summed E-state index contributed by atoms with van der Waals surface area (Å²) in [5, 5.41) is 0. The highest BCUT2D eigenvalue weighted by atomic mass is 19.1. The highest BCUT2D eigenvalue weighted by molar-refractivity contribution is 5.83. The third-order valence-corrected chi connectivity index (χ3v) is 3.85. The van der Waals surface area contributed by atoms with Gasteiger partial charge in [0, 0.05) is 0 Å². The summed E-state index contributed by atoms with van der Waals surface area (Å²) in [5.41, 5.74) is 4.06. The van der Waals surface area contributed by atoms with Crippen molar-refractivity contribution in [1.29, 1.82) is 0 Å². The van der Waals surface area contributed by atoms with Gasteiger partial charge in [-0.15, -0.1) is 0 Å². The van der Waals surface area contributed by atoms with E-state index in [0.717, 1.165) is 41.5 Å². The number of allylic oxidation sites excluding steroid dienone is 1. The number of benzene rings is 2. The van der Waals surface area contributed by atoms with E-state index in [2.05, 4.69) is 0 Å². The molecule has 108 valence electrons. The Labute approximate surface area is 122 Å². The molecule has 0 unspecified atom stereocenters. The molecule has 0 saturated carbocycles. The maximum absolute atomic E-state index is 13.9. The summed E-state index contributed by atoms with van der Waals surface area (Å²) >= 11 is 0. The lowest BCUT2D eigenvalue weighted by atomic mass is 10.0. The molecule has 2 aromatic rings. The van der Waals surface area contributed by atoms with Crippen molar-refractivity contribution >= 4 is 11.6 Å². The van der Waals surface area contributed by atoms with E-state index >= 15 is 0 Å². The van der Waals surface area contributed by atoms with E-state index in [-0.39, 0.29) is 17.4 Å². The molecule has 0 N–H and O–H groups in total. The lowest BCUT2D eigenvalue weighted by molar-refractivity contribution is 0.386. The first-order chi connectivity index (χ1) is 10.2. The first-order valence-electron chi connectivity index (χ1n) is 7.00. The van der Waals surface area contributed by atoms with E-state index in [4.69, 9.17) is 4.74 Å². The van der Waals surface area contributed by atoms with Crippen molar-refractivity contribution in [2.24, 2.45) is 0 Å². The standard InChI is InChI=1S/C18H16F2O/c1-21-18-11-14-4-2-3-13(9-15(14)10-17(18)20)12-5-7-16(19)8-6-12/h5-11H,2-4H2,1H3. The predicted octanol–water partition coefficient (Wildman–Crippen LogP) is 4.85. The second kappa shape index (κ2) is 5.68. The predicted molar refractivity (Wildman–Crippen MR) is 80.2 cm³/mol. The summed E-state index contributed by atoms with van der Waals surface area (Å²) in [4.78, 5) is 0. The molecule has 1 nitrogen and oxygen atoms in total. The number of fused-ring (bicyclic) bond motifs is 1. The van der Waals surface area contributed by atoms with Gasteiger partial charge in [-0.2, -0.15) is 0 Å². The van der Waals surface area contributed by atoms with Gasteiger partial charge in [-0.1, -0.05) is 18.2 Å². The van der Waals surface area contributed by atoms with Gasteiger partial charge < -0.3 is 4.74 Å². The van der Waals surface area contributed by atoms with Gasteiger partial charge >= 0.3 is 0 Å². The lowest BCUT2D eigenvalue weighted by Gasteiger charge is -2.08. The Balaban J connectivity index is 2.04. The molecule has 0 spiro atoms. The van der Waals surface area contributed by atoms with Crippen LogP contribution in [0.5, 0.6) is 5.75 Å². The van der Waals surface area contributed by atoms with Gasteiger partial charge in [0.25, 0.3) is 0 Å². The fraction of sp³-hybridized carbons (Fsp3) is 0.222. The first-order valence-corrected chi connectivity index (χ1v) is 7.00. The smallest absolute Gasteiger partial charge is 0.165 e. The molecule has 0 atom stereocenters. The Hall–Kier alpha value is -2.16. The van der Waals surface area contributed by atoms with E-state index in [1.165, 1.54) is 25.3 Å². The second-order valence-electron chi connectivity index (χ2n) is 5.22. The van der Waals surface area contributed by atoms with Gasteiger partial charge in [-0.3, -0.25) is 0 Å². The minimum Gasteiger partial charge on any atom is -0.494 e. The van der Waals surface area contributed by atoms with Crippen LogP contribution in [0, 0.1) is 11.6 Å². The number of hydrogen-bond donors (Lipinski definition) is 0. The third-order valence-electron chi connectivity index (χ3n) is 3.85. The number of halogens is 2. The van der Waals surface area contributed by atoms with Crippen LogP contribution >= 0.6 is 0 Å². The Kier molecular flexibility index (Phi) is 3.74. The van der Waals surface area contributed by atoms with Crippen LogP contribution in [-0.2, 0) is 6.42 Å². The highest BCUT2D eigenvalue weighted by Gasteiger charge is 2.14. The second-order valence-corrected chi connectivity index (χ2v) is 5.22. The Morgan fingerprint density at radius 2 is 1.76 bits per heavy atom. The maximum Gasteiger partial charge on any atom is 0.165 e. The monoisotopic (exact) mass is 286 g/mol. The summed E-state index contributed by atoms with van der Waals surface area (Å²) in [6.45, 7) is 0. The molecule has 0 heterocycles. The zero-order valence-corrected chi connectivity index (χ0v) is 11.8. The molecule has 0 radical (unpaired) electrons. The van der Waals surface area contributed by atoms with Crippen LogP contribution < -0.4 is 4.74 Å². The zero-order chi connectivity index (χ0) is 14.8. The van der Waals surface area contributed by atoms with Crippen LogP contribution in [-0.4, -0.2) is 7.11 Å². The van der Waals surface area contributed by atoms with Crippen LogP contribution in [0.2, 0.25) is 0 Å². The van der Waals surface area contributed by atoms with Crippen molar-refractivity contribution in [2.75, 3.05) is 7.11 Å². The Bertz CT molecular complexity index is 687. The molecule has 0 saturated heterocycles. The molecule has 0 fully saturated rings. The molecule has 3 rings (SSSR count). The molecular formula is C18H16F2O. The lowest BCUT2D eigenvalue weighted by Crippen LogP contribution is -1.94. The van der Waals surface area contributed by atoms with E-state index in [1.807, 2.05) is 6.08 Å². The van der Waals surface area contributed by atoms with Crippen molar-refractivity contribution in [1.82, 2.24) is 0 Å². The normalized spacial score (nSPS) is 14.1. The molecular weight excluding hydrogens is 270 g/mol. The zero-order valence-electron chi connectivity index (χ0n) is 11.8. The third kappa shape index (κ3) is 2.82. The van der Waals surface area contributed by atoms with Gasteiger partial charge in [0.15, 0.2) is 11.6 Å². The maximum atomic E-state index is 13.9. The summed E-state index contributed by atoms with van der Waals surface area (Å²) in [6, 6.07) is 9.74. The van der Waals surface area contributed by atoms with Gasteiger partial charge in [-0.05, 0) is 65.8 Å². The minimum atomic E-state index is -0.354. The van der Waals surface area contributed by atoms with Crippen molar-refractivity contribution in [3.05, 3.63) is 64.7 Å². The van der Waals surface area contributed by atoms with Crippen LogP contribution in [0.4, 0.5) is 8.78 Å². The Morgan fingerprint density at radius 1 is 1.00 bits per heavy atom. The van der Waals surface area contributed by atoms with Gasteiger partial charge in [0.1, 0.15) is 5.82 Å². The van der Waals surface area contributed by atoms with Crippen LogP contribution in [0.15, 0.2) is 36.4 Å². The summed E-state index contributed by atoms with van der Waals surface area (Å²) in [7, 11) is 1.47. The molecule has 21 heavy (non-hydrogen) atoms. The number of aryl methyl sites for hydroxylation is 1. The van der Waals surface area contributed by atoms with Crippen molar-refractivity contribution in [3.63, 3.8) is 0 Å². The molecule has 1 aliphatic rings. The minimum absolute atomic E-state index is 0.246. The number of ether oxygens (including phenoxy) is 1. The van der Waals surface area contributed by atoms with Crippen LogP contribution in [0.3, 0.4) is 0 Å². The molecule has 1 aliphatic carbocycles. The summed E-state index contributed by atoms with van der Waals surface area (Å²) < 4.78 is 32.0. The average Bonchev–Trinajstić information content (AvgIpc) is 2.69. The average molecular weight is 286 g/mol. The van der Waals surface area contributed by atoms with E-state index < -0.39 is 0 Å². The van der Waals surface area contributed by atoms with Crippen LogP contribution in [0.25, 0.3) is 11.6 Å². The topological polar surface area (TPSA) is 9.23 Å². The van der Waals surface area contributed by atoms with Crippen LogP contribution in [0.1, 0.15) is 29.5 Å². The summed E-state index contributed by atoms with van der Waals surface area (Å²) in [5.74, 6) is -0.315. The van der Waals surface area contributed by atoms with Gasteiger partial charge in [0.05, 0.1) is 7.11 Å². The number of methoxy groups -OCH3 is 1. The fourth-order valence-electron chi connectivity index (χ4n) is 2.74. The van der Waals surface area contributed by atoms with E-state index in [1.54, 1.807) is 18.2 Å². The van der Waals surface area contributed by atoms with Gasteiger partial charge in [0.2, 0.25) is 0 Å². The van der Waals surface area contributed by atoms with Crippen molar-refractivity contribution in [2.45, 2.75) is 19.3 Å². The molecule has 0 aromatic heterocycles. The number of rotatable bonds is 2. The van der Waals surface area contributed by atoms with E-state index in [9.17, 15) is 8.78 Å². The van der Waals surface area contributed by atoms with E-state index in [0.29, 0.717) is 0 Å². The fourth-order valence-corrected chi connectivity index (χ4v) is 2.74. The number of hydrogen-bond acceptors (Lipinski definition) is 1. The van der Waals surface area contributed by atoms with Crippen molar-refractivity contribution in [3.8, 4) is 5.75 Å². The molecule has 0 aliphatic heterocycles. The molecule has 2 aromatic carbocycles. The molecule has 0 bridgehead atoms. The molecule has 0 amide bonds. The van der Waals surface area contributed by atoms with Crippen molar-refractivity contribution < 1.29 is 13.5 Å². The molecule has 3 heteroatoms. The Morgan fingerprint density at radius 3 is 2.48 bits per heavy atom. The summed E-state index contributed by atoms with van der Waals surface area (Å²) in [6.07, 6.45) is 4.75. The largest absolute Gasteiger partial charge is 0.494 e. The van der Waals surface area contributed by atoms with Gasteiger partial charge in [-0.25, -0.2) is 8.78 Å².